The number of aromatic nitrogens is 2. The molecule has 1 aliphatic rings. The van der Waals surface area contributed by atoms with Crippen molar-refractivity contribution in [2.24, 2.45) is 0 Å². The van der Waals surface area contributed by atoms with Crippen LogP contribution >= 0.6 is 0 Å². The van der Waals surface area contributed by atoms with Crippen molar-refractivity contribution in [3.8, 4) is 0 Å². The molecule has 0 saturated carbocycles. The molecule has 0 unspecified atom stereocenters. The number of aromatic amines is 1. The van der Waals surface area contributed by atoms with E-state index in [0.717, 1.165) is 37.2 Å². The molecule has 1 aliphatic heterocycles. The maximum absolute atomic E-state index is 13.1. The standard InChI is InChI=1S/C19H22N4O2S/c1-13-3-2-4-16(11-13)26(24,25)19-17-12-15(5-6-18(17)22-23-19)21-14-7-9-20-10-8-14/h2-6,11-12,14,20-21H,7-10H2,1H3,(H,22,23). The van der Waals surface area contributed by atoms with Crippen molar-refractivity contribution >= 4 is 26.4 Å². The molecule has 1 saturated heterocycles. The van der Waals surface area contributed by atoms with Crippen molar-refractivity contribution < 1.29 is 8.42 Å². The number of hydrogen-bond donors (Lipinski definition) is 3. The Hall–Kier alpha value is -2.38. The van der Waals surface area contributed by atoms with Crippen LogP contribution in [0.3, 0.4) is 0 Å². The molecule has 2 aromatic carbocycles. The number of H-pyrrole nitrogens is 1. The topological polar surface area (TPSA) is 86.9 Å². The first-order valence-electron chi connectivity index (χ1n) is 8.81. The van der Waals surface area contributed by atoms with Crippen LogP contribution in [0, 0.1) is 6.92 Å². The van der Waals surface area contributed by atoms with Crippen LogP contribution in [0.1, 0.15) is 18.4 Å². The second-order valence-electron chi connectivity index (χ2n) is 6.78. The Morgan fingerprint density at radius 1 is 1.12 bits per heavy atom. The highest BCUT2D eigenvalue weighted by Crippen LogP contribution is 2.29. The van der Waals surface area contributed by atoms with Crippen molar-refractivity contribution in [3.63, 3.8) is 0 Å². The summed E-state index contributed by atoms with van der Waals surface area (Å²) < 4.78 is 26.1. The lowest BCUT2D eigenvalue weighted by molar-refractivity contribution is 0.479. The van der Waals surface area contributed by atoms with Gasteiger partial charge in [0.05, 0.1) is 10.4 Å². The van der Waals surface area contributed by atoms with E-state index in [9.17, 15) is 8.42 Å². The molecule has 0 aliphatic carbocycles. The van der Waals surface area contributed by atoms with Gasteiger partial charge in [0, 0.05) is 17.1 Å². The first-order chi connectivity index (χ1) is 12.5. The number of hydrogen-bond acceptors (Lipinski definition) is 5. The van der Waals surface area contributed by atoms with Crippen molar-refractivity contribution in [3.05, 3.63) is 48.0 Å². The molecule has 3 N–H and O–H groups in total. The highest BCUT2D eigenvalue weighted by atomic mass is 32.2. The largest absolute Gasteiger partial charge is 0.382 e. The number of aryl methyl sites for hydroxylation is 1. The third-order valence-electron chi connectivity index (χ3n) is 4.79. The Morgan fingerprint density at radius 2 is 1.92 bits per heavy atom. The normalized spacial score (nSPS) is 16.0. The van der Waals surface area contributed by atoms with Crippen LogP contribution in [-0.2, 0) is 9.84 Å². The predicted molar refractivity (Wildman–Crippen MR) is 102 cm³/mol. The molecule has 0 atom stereocenters. The SMILES string of the molecule is Cc1cccc(S(=O)(=O)c2n[nH]c3ccc(NC4CCNCC4)cc23)c1. The van der Waals surface area contributed by atoms with Gasteiger partial charge in [-0.3, -0.25) is 5.10 Å². The smallest absolute Gasteiger partial charge is 0.226 e. The van der Waals surface area contributed by atoms with Crippen LogP contribution in [-0.4, -0.2) is 37.7 Å². The highest BCUT2D eigenvalue weighted by Gasteiger charge is 2.24. The van der Waals surface area contributed by atoms with Crippen molar-refractivity contribution in [1.82, 2.24) is 15.5 Å². The van der Waals surface area contributed by atoms with E-state index < -0.39 is 9.84 Å². The van der Waals surface area contributed by atoms with Gasteiger partial charge in [0.2, 0.25) is 9.84 Å². The van der Waals surface area contributed by atoms with E-state index in [2.05, 4.69) is 20.8 Å². The molecule has 7 heteroatoms. The molecule has 3 aromatic rings. The molecule has 1 fully saturated rings. The van der Waals surface area contributed by atoms with E-state index in [4.69, 9.17) is 0 Å². The summed E-state index contributed by atoms with van der Waals surface area (Å²) in [6, 6.07) is 13.0. The monoisotopic (exact) mass is 370 g/mol. The zero-order valence-corrected chi connectivity index (χ0v) is 15.4. The Labute approximate surface area is 152 Å². The van der Waals surface area contributed by atoms with E-state index in [-0.39, 0.29) is 9.92 Å². The number of rotatable bonds is 4. The van der Waals surface area contributed by atoms with E-state index in [0.29, 0.717) is 16.9 Å². The fourth-order valence-electron chi connectivity index (χ4n) is 3.38. The second kappa shape index (κ2) is 6.74. The number of benzene rings is 2. The molecule has 26 heavy (non-hydrogen) atoms. The van der Waals surface area contributed by atoms with Crippen LogP contribution in [0.2, 0.25) is 0 Å². The lowest BCUT2D eigenvalue weighted by Gasteiger charge is -2.24. The number of sulfone groups is 1. The van der Waals surface area contributed by atoms with Crippen LogP contribution in [0.5, 0.6) is 0 Å². The van der Waals surface area contributed by atoms with E-state index >= 15 is 0 Å². The molecule has 0 spiro atoms. The van der Waals surface area contributed by atoms with Gasteiger partial charge < -0.3 is 10.6 Å². The maximum atomic E-state index is 13.1. The van der Waals surface area contributed by atoms with Crippen molar-refractivity contribution in [1.29, 1.82) is 0 Å². The van der Waals surface area contributed by atoms with Gasteiger partial charge in [0.25, 0.3) is 0 Å². The molecule has 136 valence electrons. The molecule has 0 bridgehead atoms. The molecule has 0 radical (unpaired) electrons. The number of nitrogens with zero attached hydrogens (tertiary/aromatic N) is 1. The Bertz CT molecular complexity index is 1040. The Kier molecular flexibility index (Phi) is 4.42. The van der Waals surface area contributed by atoms with Crippen LogP contribution in [0.4, 0.5) is 5.69 Å². The highest BCUT2D eigenvalue weighted by molar-refractivity contribution is 7.91. The Morgan fingerprint density at radius 3 is 2.69 bits per heavy atom. The van der Waals surface area contributed by atoms with Gasteiger partial charge in [-0.1, -0.05) is 12.1 Å². The lowest BCUT2D eigenvalue weighted by Crippen LogP contribution is -2.35. The van der Waals surface area contributed by atoms with Gasteiger partial charge in [0.15, 0.2) is 5.03 Å². The average molecular weight is 370 g/mol. The average Bonchev–Trinajstić information content (AvgIpc) is 3.06. The molecule has 0 amide bonds. The number of nitrogens with one attached hydrogen (secondary N) is 3. The number of piperidine rings is 1. The van der Waals surface area contributed by atoms with E-state index in [1.807, 2.05) is 31.2 Å². The quantitative estimate of drug-likeness (QED) is 0.657. The number of anilines is 1. The third kappa shape index (κ3) is 3.20. The summed E-state index contributed by atoms with van der Waals surface area (Å²) in [6.45, 7) is 3.87. The van der Waals surface area contributed by atoms with Gasteiger partial charge in [-0.05, 0) is 68.8 Å². The minimum Gasteiger partial charge on any atom is -0.382 e. The molecule has 2 heterocycles. The van der Waals surface area contributed by atoms with Gasteiger partial charge in [-0.15, -0.1) is 0 Å². The summed E-state index contributed by atoms with van der Waals surface area (Å²) >= 11 is 0. The summed E-state index contributed by atoms with van der Waals surface area (Å²) in [5.41, 5.74) is 2.54. The summed E-state index contributed by atoms with van der Waals surface area (Å²) in [6.07, 6.45) is 2.11. The Balaban J connectivity index is 1.72. The summed E-state index contributed by atoms with van der Waals surface area (Å²) in [5, 5.41) is 14.5. The predicted octanol–water partition coefficient (Wildman–Crippen LogP) is 2.87. The molecule has 6 nitrogen and oxygen atoms in total. The zero-order chi connectivity index (χ0) is 18.1. The summed E-state index contributed by atoms with van der Waals surface area (Å²) in [4.78, 5) is 0.266. The summed E-state index contributed by atoms with van der Waals surface area (Å²) in [7, 11) is -3.67. The van der Waals surface area contributed by atoms with Gasteiger partial charge >= 0.3 is 0 Å². The maximum Gasteiger partial charge on any atom is 0.226 e. The molecular formula is C19H22N4O2S. The van der Waals surface area contributed by atoms with E-state index in [1.165, 1.54) is 0 Å². The molecular weight excluding hydrogens is 348 g/mol. The van der Waals surface area contributed by atoms with Crippen molar-refractivity contribution in [2.45, 2.75) is 35.7 Å². The molecule has 4 rings (SSSR count). The summed E-state index contributed by atoms with van der Waals surface area (Å²) in [5.74, 6) is 0. The third-order valence-corrected chi connectivity index (χ3v) is 6.49. The lowest BCUT2D eigenvalue weighted by atomic mass is 10.1. The second-order valence-corrected chi connectivity index (χ2v) is 8.64. The van der Waals surface area contributed by atoms with Gasteiger partial charge in [-0.25, -0.2) is 8.42 Å². The minimum absolute atomic E-state index is 0.0760. The first kappa shape index (κ1) is 17.1. The van der Waals surface area contributed by atoms with Crippen LogP contribution < -0.4 is 10.6 Å². The molecule has 1 aromatic heterocycles. The minimum atomic E-state index is -3.67. The fraction of sp³-hybridized carbons (Fsp3) is 0.316. The fourth-order valence-corrected chi connectivity index (χ4v) is 4.83. The van der Waals surface area contributed by atoms with Gasteiger partial charge in [0.1, 0.15) is 0 Å². The number of fused-ring (bicyclic) bond motifs is 1. The van der Waals surface area contributed by atoms with Crippen LogP contribution in [0.15, 0.2) is 52.4 Å². The van der Waals surface area contributed by atoms with Gasteiger partial charge in [-0.2, -0.15) is 5.10 Å². The van der Waals surface area contributed by atoms with Crippen molar-refractivity contribution in [2.75, 3.05) is 18.4 Å². The first-order valence-corrected chi connectivity index (χ1v) is 10.3. The zero-order valence-electron chi connectivity index (χ0n) is 14.6. The van der Waals surface area contributed by atoms with Crippen LogP contribution in [0.25, 0.3) is 10.9 Å². The van der Waals surface area contributed by atoms with E-state index in [1.54, 1.807) is 18.2 Å².